The summed E-state index contributed by atoms with van der Waals surface area (Å²) in [5.74, 6) is 0.793. The second kappa shape index (κ2) is 12.5. The molecule has 1 fully saturated rings. The van der Waals surface area contributed by atoms with E-state index in [9.17, 15) is 4.79 Å². The maximum atomic E-state index is 11.8. The van der Waals surface area contributed by atoms with Crippen LogP contribution in [0.5, 0.6) is 0 Å². The number of nitrogens with one attached hydrogen (secondary N) is 1. The largest absolute Gasteiger partial charge is 0.380 e. The van der Waals surface area contributed by atoms with E-state index in [0.29, 0.717) is 13.0 Å². The van der Waals surface area contributed by atoms with Gasteiger partial charge in [-0.05, 0) is 32.2 Å². The summed E-state index contributed by atoms with van der Waals surface area (Å²) in [5, 5.41) is 3.02. The van der Waals surface area contributed by atoms with Gasteiger partial charge in [-0.3, -0.25) is 4.79 Å². The van der Waals surface area contributed by atoms with Gasteiger partial charge in [0.1, 0.15) is 0 Å². The third-order valence-electron chi connectivity index (χ3n) is 3.69. The number of piperidine rings is 1. The Morgan fingerprint density at radius 3 is 2.67 bits per heavy atom. The SMILES string of the molecule is COC(CN)CC(=O)NC(C)CN1CCCC(C)C1.Cl.Cl. The second-order valence-electron chi connectivity index (χ2n) is 5.77. The summed E-state index contributed by atoms with van der Waals surface area (Å²) in [6.07, 6.45) is 2.75. The maximum Gasteiger partial charge on any atom is 0.222 e. The van der Waals surface area contributed by atoms with Gasteiger partial charge in [0.15, 0.2) is 0 Å². The Balaban J connectivity index is 0. The monoisotopic (exact) mass is 343 g/mol. The summed E-state index contributed by atoms with van der Waals surface area (Å²) in [6, 6.07) is 0.174. The van der Waals surface area contributed by atoms with Crippen LogP contribution < -0.4 is 11.1 Å². The molecule has 1 aliphatic rings. The van der Waals surface area contributed by atoms with E-state index in [1.54, 1.807) is 7.11 Å². The van der Waals surface area contributed by atoms with Crippen molar-refractivity contribution in [1.82, 2.24) is 10.2 Å². The van der Waals surface area contributed by atoms with Crippen LogP contribution in [0.4, 0.5) is 0 Å². The first kappa shape index (κ1) is 23.2. The highest BCUT2D eigenvalue weighted by Crippen LogP contribution is 2.15. The predicted molar refractivity (Wildman–Crippen MR) is 91.4 cm³/mol. The summed E-state index contributed by atoms with van der Waals surface area (Å²) in [5.41, 5.74) is 5.51. The van der Waals surface area contributed by atoms with Gasteiger partial charge in [0.25, 0.3) is 0 Å². The van der Waals surface area contributed by atoms with Crippen molar-refractivity contribution in [1.29, 1.82) is 0 Å². The molecule has 0 aliphatic carbocycles. The van der Waals surface area contributed by atoms with Crippen molar-refractivity contribution in [3.8, 4) is 0 Å². The van der Waals surface area contributed by atoms with Crippen molar-refractivity contribution >= 4 is 30.7 Å². The molecule has 0 bridgehead atoms. The molecule has 3 atom stereocenters. The van der Waals surface area contributed by atoms with Crippen molar-refractivity contribution < 1.29 is 9.53 Å². The van der Waals surface area contributed by atoms with Gasteiger partial charge in [0.2, 0.25) is 5.91 Å². The van der Waals surface area contributed by atoms with E-state index in [1.165, 1.54) is 12.8 Å². The first-order valence-electron chi connectivity index (χ1n) is 7.29. The highest BCUT2D eigenvalue weighted by molar-refractivity contribution is 5.85. The number of ether oxygens (including phenoxy) is 1. The molecular formula is C14H31Cl2N3O2. The lowest BCUT2D eigenvalue weighted by atomic mass is 10.00. The molecule has 21 heavy (non-hydrogen) atoms. The van der Waals surface area contributed by atoms with Gasteiger partial charge in [-0.1, -0.05) is 6.92 Å². The van der Waals surface area contributed by atoms with Gasteiger partial charge < -0.3 is 20.7 Å². The summed E-state index contributed by atoms with van der Waals surface area (Å²) in [6.45, 7) is 7.94. The highest BCUT2D eigenvalue weighted by Gasteiger charge is 2.19. The Kier molecular flexibility index (Phi) is 13.8. The number of halogens is 2. The van der Waals surface area contributed by atoms with Gasteiger partial charge in [0, 0.05) is 32.8 Å². The Morgan fingerprint density at radius 2 is 2.14 bits per heavy atom. The van der Waals surface area contributed by atoms with Gasteiger partial charge in [0.05, 0.1) is 12.5 Å². The molecule has 1 aliphatic heterocycles. The molecule has 7 heteroatoms. The average molecular weight is 344 g/mol. The minimum atomic E-state index is -0.179. The van der Waals surface area contributed by atoms with Gasteiger partial charge in [-0.25, -0.2) is 0 Å². The molecular weight excluding hydrogens is 313 g/mol. The lowest BCUT2D eigenvalue weighted by molar-refractivity contribution is -0.124. The number of carbonyl (C=O) groups is 1. The van der Waals surface area contributed by atoms with E-state index in [-0.39, 0.29) is 42.9 Å². The summed E-state index contributed by atoms with van der Waals surface area (Å²) >= 11 is 0. The molecule has 5 nitrogen and oxygen atoms in total. The Bertz CT molecular complexity index is 279. The molecule has 1 amide bonds. The first-order chi connectivity index (χ1) is 9.05. The lowest BCUT2D eigenvalue weighted by Gasteiger charge is -2.33. The Hall–Kier alpha value is -0.0700. The molecule has 1 heterocycles. The lowest BCUT2D eigenvalue weighted by Crippen LogP contribution is -2.46. The highest BCUT2D eigenvalue weighted by atomic mass is 35.5. The van der Waals surface area contributed by atoms with Crippen LogP contribution in [0.1, 0.15) is 33.1 Å². The molecule has 3 N–H and O–H groups in total. The Morgan fingerprint density at radius 1 is 1.48 bits per heavy atom. The van der Waals surface area contributed by atoms with Crippen LogP contribution in [0.3, 0.4) is 0 Å². The average Bonchev–Trinajstić information content (AvgIpc) is 2.35. The van der Waals surface area contributed by atoms with Crippen LogP contribution in [0, 0.1) is 5.92 Å². The zero-order chi connectivity index (χ0) is 14.3. The Labute approximate surface area is 141 Å². The number of hydrogen-bond donors (Lipinski definition) is 2. The number of methoxy groups -OCH3 is 1. The fourth-order valence-electron chi connectivity index (χ4n) is 2.69. The topological polar surface area (TPSA) is 67.6 Å². The molecule has 0 saturated carbocycles. The molecule has 1 saturated heterocycles. The van der Waals surface area contributed by atoms with Gasteiger partial charge in [-0.2, -0.15) is 0 Å². The number of rotatable bonds is 7. The summed E-state index contributed by atoms with van der Waals surface area (Å²) in [4.78, 5) is 14.3. The van der Waals surface area contributed by atoms with Crippen LogP contribution in [-0.4, -0.2) is 56.2 Å². The third-order valence-corrected chi connectivity index (χ3v) is 3.69. The quantitative estimate of drug-likeness (QED) is 0.733. The van der Waals surface area contributed by atoms with Crippen molar-refractivity contribution in [2.24, 2.45) is 11.7 Å². The molecule has 0 aromatic heterocycles. The zero-order valence-corrected chi connectivity index (χ0v) is 15.0. The molecule has 3 unspecified atom stereocenters. The van der Waals surface area contributed by atoms with Crippen LogP contribution >= 0.6 is 24.8 Å². The molecule has 0 aromatic rings. The number of likely N-dealkylation sites (tertiary alicyclic amines) is 1. The number of amides is 1. The number of carbonyl (C=O) groups excluding carboxylic acids is 1. The zero-order valence-electron chi connectivity index (χ0n) is 13.3. The van der Waals surface area contributed by atoms with Crippen LogP contribution in [0.25, 0.3) is 0 Å². The standard InChI is InChI=1S/C14H29N3O2.2ClH/c1-11-5-4-6-17(9-11)10-12(2)16-14(18)7-13(8-15)19-3;;/h11-13H,4-10,15H2,1-3H3,(H,16,18);2*1H. The fourth-order valence-corrected chi connectivity index (χ4v) is 2.69. The summed E-state index contributed by atoms with van der Waals surface area (Å²) in [7, 11) is 1.59. The molecule has 0 radical (unpaired) electrons. The van der Waals surface area contributed by atoms with E-state index in [1.807, 2.05) is 0 Å². The van der Waals surface area contributed by atoms with Gasteiger partial charge in [-0.15, -0.1) is 24.8 Å². The van der Waals surface area contributed by atoms with Crippen LogP contribution in [0.2, 0.25) is 0 Å². The predicted octanol–water partition coefficient (Wildman–Crippen LogP) is 1.43. The maximum absolute atomic E-state index is 11.8. The van der Waals surface area contributed by atoms with E-state index in [4.69, 9.17) is 10.5 Å². The number of hydrogen-bond acceptors (Lipinski definition) is 4. The van der Waals surface area contributed by atoms with Crippen molar-refractivity contribution in [2.45, 2.75) is 45.3 Å². The van der Waals surface area contributed by atoms with E-state index < -0.39 is 0 Å². The van der Waals surface area contributed by atoms with Crippen molar-refractivity contribution in [3.63, 3.8) is 0 Å². The molecule has 128 valence electrons. The summed E-state index contributed by atoms with van der Waals surface area (Å²) < 4.78 is 5.12. The number of nitrogens with two attached hydrogens (primary N) is 1. The van der Waals surface area contributed by atoms with Crippen LogP contribution in [0.15, 0.2) is 0 Å². The number of nitrogens with zero attached hydrogens (tertiary/aromatic N) is 1. The van der Waals surface area contributed by atoms with E-state index in [0.717, 1.165) is 25.6 Å². The minimum absolute atomic E-state index is 0. The van der Waals surface area contributed by atoms with E-state index in [2.05, 4.69) is 24.1 Å². The molecule has 0 aromatic carbocycles. The van der Waals surface area contributed by atoms with Crippen molar-refractivity contribution in [2.75, 3.05) is 33.3 Å². The third kappa shape index (κ3) is 9.53. The molecule has 0 spiro atoms. The molecule has 1 rings (SSSR count). The van der Waals surface area contributed by atoms with Gasteiger partial charge >= 0.3 is 0 Å². The van der Waals surface area contributed by atoms with Crippen molar-refractivity contribution in [3.05, 3.63) is 0 Å². The normalized spacial score (nSPS) is 21.6. The van der Waals surface area contributed by atoms with Crippen LogP contribution in [-0.2, 0) is 9.53 Å². The minimum Gasteiger partial charge on any atom is -0.380 e. The van der Waals surface area contributed by atoms with E-state index >= 15 is 0 Å². The smallest absolute Gasteiger partial charge is 0.222 e. The second-order valence-corrected chi connectivity index (χ2v) is 5.77. The fraction of sp³-hybridized carbons (Fsp3) is 0.929. The first-order valence-corrected chi connectivity index (χ1v) is 7.29.